The quantitative estimate of drug-likeness (QED) is 0.458. The number of oxime groups is 1. The summed E-state index contributed by atoms with van der Waals surface area (Å²) in [7, 11) is 0. The molecule has 2 aromatic heterocycles. The number of aromatic nitrogens is 2. The van der Waals surface area contributed by atoms with E-state index >= 15 is 0 Å². The molecule has 11 heteroatoms. The largest absolute Gasteiger partial charge is 0.425 e. The molecule has 1 amide bonds. The number of halogens is 3. The first-order valence-corrected chi connectivity index (χ1v) is 12.2. The van der Waals surface area contributed by atoms with Gasteiger partial charge in [-0.15, -0.1) is 0 Å². The predicted octanol–water partition coefficient (Wildman–Crippen LogP) is 3.49. The van der Waals surface area contributed by atoms with Gasteiger partial charge in [0.15, 0.2) is 0 Å². The van der Waals surface area contributed by atoms with Gasteiger partial charge in [0.1, 0.15) is 11.5 Å². The van der Waals surface area contributed by atoms with Gasteiger partial charge in [-0.05, 0) is 68.6 Å². The van der Waals surface area contributed by atoms with Crippen LogP contribution in [0.2, 0.25) is 0 Å². The summed E-state index contributed by atoms with van der Waals surface area (Å²) in [5.41, 5.74) is 7.77. The lowest BCUT2D eigenvalue weighted by molar-refractivity contribution is -0.173. The van der Waals surface area contributed by atoms with E-state index in [9.17, 15) is 18.0 Å². The molecular weight excluding hydrogens is 473 g/mol. The van der Waals surface area contributed by atoms with Gasteiger partial charge < -0.3 is 15.5 Å². The van der Waals surface area contributed by atoms with Crippen LogP contribution in [-0.4, -0.2) is 70.3 Å². The van der Waals surface area contributed by atoms with Gasteiger partial charge in [-0.3, -0.25) is 14.7 Å². The van der Waals surface area contributed by atoms with Crippen molar-refractivity contribution in [2.24, 2.45) is 17.0 Å². The number of alkyl halides is 3. The van der Waals surface area contributed by atoms with Gasteiger partial charge in [0.2, 0.25) is 12.5 Å². The fourth-order valence-corrected chi connectivity index (χ4v) is 4.84. The third-order valence-electron chi connectivity index (χ3n) is 6.70. The fourth-order valence-electron chi connectivity index (χ4n) is 4.84. The predicted molar refractivity (Wildman–Crippen MR) is 129 cm³/mol. The van der Waals surface area contributed by atoms with Crippen molar-refractivity contribution in [3.63, 3.8) is 0 Å². The van der Waals surface area contributed by atoms with E-state index in [2.05, 4.69) is 24.9 Å². The number of rotatable bonds is 7. The standard InChI is InChI=1S/C25H31F3N6O2/c26-25(27,28)17-36-32-23(21-3-1-2-9-30-21)19-7-13-34(14-8-19)24(35)20-5-11-33(12-6-20)16-18-4-10-31-22(29)15-18/h1-4,9-10,15,19-20H,5-8,11-14,16-17H2,(H2,29,31)/b32-23-. The van der Waals surface area contributed by atoms with Crippen molar-refractivity contribution in [3.05, 3.63) is 54.0 Å². The minimum absolute atomic E-state index is 0.0145. The number of nitrogens with two attached hydrogens (primary N) is 1. The molecule has 0 spiro atoms. The highest BCUT2D eigenvalue weighted by Gasteiger charge is 2.33. The van der Waals surface area contributed by atoms with E-state index in [0.717, 1.165) is 38.0 Å². The number of pyridine rings is 2. The number of anilines is 1. The Balaban J connectivity index is 1.29. The molecule has 0 saturated carbocycles. The lowest BCUT2D eigenvalue weighted by Gasteiger charge is -2.37. The van der Waals surface area contributed by atoms with Gasteiger partial charge in [-0.1, -0.05) is 11.2 Å². The number of carbonyl (C=O) groups excluding carboxylic acids is 1. The monoisotopic (exact) mass is 504 g/mol. The first kappa shape index (κ1) is 25.9. The van der Waals surface area contributed by atoms with Crippen LogP contribution in [0, 0.1) is 11.8 Å². The second-order valence-electron chi connectivity index (χ2n) is 9.32. The summed E-state index contributed by atoms with van der Waals surface area (Å²) in [5, 5.41) is 3.82. The van der Waals surface area contributed by atoms with Crippen LogP contribution in [-0.2, 0) is 16.2 Å². The SMILES string of the molecule is Nc1cc(CN2CCC(C(=O)N3CCC(/C(=N/OCC(F)(F)F)c4ccccn4)CC3)CC2)ccn1. The molecule has 4 rings (SSSR count). The van der Waals surface area contributed by atoms with Crippen molar-refractivity contribution in [1.82, 2.24) is 19.8 Å². The van der Waals surface area contributed by atoms with Crippen LogP contribution in [0.5, 0.6) is 0 Å². The molecular formula is C25H31F3N6O2. The Hall–Kier alpha value is -3.21. The van der Waals surface area contributed by atoms with Crippen molar-refractivity contribution in [3.8, 4) is 0 Å². The number of hydrogen-bond acceptors (Lipinski definition) is 7. The molecule has 4 heterocycles. The second kappa shape index (κ2) is 11.7. The van der Waals surface area contributed by atoms with Crippen molar-refractivity contribution >= 4 is 17.4 Å². The van der Waals surface area contributed by atoms with Gasteiger partial charge in [-0.2, -0.15) is 13.2 Å². The first-order chi connectivity index (χ1) is 17.3. The van der Waals surface area contributed by atoms with Gasteiger partial charge in [-0.25, -0.2) is 4.98 Å². The maximum atomic E-state index is 13.2. The minimum Gasteiger partial charge on any atom is -0.386 e. The molecule has 2 saturated heterocycles. The van der Waals surface area contributed by atoms with E-state index in [4.69, 9.17) is 5.73 Å². The molecule has 2 aromatic rings. The number of amides is 1. The van der Waals surface area contributed by atoms with Crippen molar-refractivity contribution in [2.75, 3.05) is 38.5 Å². The Morgan fingerprint density at radius 2 is 1.75 bits per heavy atom. The molecule has 2 aliphatic rings. The number of hydrogen-bond donors (Lipinski definition) is 1. The number of carbonyl (C=O) groups is 1. The Labute approximate surface area is 208 Å². The smallest absolute Gasteiger partial charge is 0.386 e. The zero-order valence-corrected chi connectivity index (χ0v) is 20.0. The molecule has 0 bridgehead atoms. The van der Waals surface area contributed by atoms with Gasteiger partial charge in [0, 0.05) is 43.9 Å². The van der Waals surface area contributed by atoms with Crippen LogP contribution in [0.1, 0.15) is 36.9 Å². The molecule has 194 valence electrons. The minimum atomic E-state index is -4.46. The normalized spacial score (nSPS) is 18.9. The topological polar surface area (TPSA) is 96.9 Å². The molecule has 0 unspecified atom stereocenters. The number of piperidine rings is 2. The summed E-state index contributed by atoms with van der Waals surface area (Å²) in [6, 6.07) is 9.03. The van der Waals surface area contributed by atoms with E-state index < -0.39 is 12.8 Å². The van der Waals surface area contributed by atoms with E-state index in [1.807, 2.05) is 17.0 Å². The molecule has 8 nitrogen and oxygen atoms in total. The third kappa shape index (κ3) is 7.16. The fraction of sp³-hybridized carbons (Fsp3) is 0.520. The zero-order chi connectivity index (χ0) is 25.5. The average molecular weight is 505 g/mol. The maximum absolute atomic E-state index is 13.2. The lowest BCUT2D eigenvalue weighted by Crippen LogP contribution is -2.46. The molecule has 36 heavy (non-hydrogen) atoms. The molecule has 2 fully saturated rings. The lowest BCUT2D eigenvalue weighted by atomic mass is 9.88. The molecule has 2 N–H and O–H groups in total. The average Bonchev–Trinajstić information content (AvgIpc) is 2.87. The van der Waals surface area contributed by atoms with Gasteiger partial charge >= 0.3 is 6.18 Å². The molecule has 0 aromatic carbocycles. The molecule has 0 aliphatic carbocycles. The Morgan fingerprint density at radius 1 is 1.03 bits per heavy atom. The van der Waals surface area contributed by atoms with E-state index in [0.29, 0.717) is 43.2 Å². The highest BCUT2D eigenvalue weighted by Crippen LogP contribution is 2.27. The second-order valence-corrected chi connectivity index (χ2v) is 9.32. The third-order valence-corrected chi connectivity index (χ3v) is 6.70. The summed E-state index contributed by atoms with van der Waals surface area (Å²) < 4.78 is 37.7. The van der Waals surface area contributed by atoms with E-state index in [-0.39, 0.29) is 17.7 Å². The van der Waals surface area contributed by atoms with Crippen molar-refractivity contribution < 1.29 is 22.8 Å². The summed E-state index contributed by atoms with van der Waals surface area (Å²) in [6.07, 6.45) is 1.60. The van der Waals surface area contributed by atoms with Crippen LogP contribution in [0.15, 0.2) is 47.9 Å². The van der Waals surface area contributed by atoms with Crippen LogP contribution in [0.25, 0.3) is 0 Å². The van der Waals surface area contributed by atoms with E-state index in [1.165, 1.54) is 0 Å². The van der Waals surface area contributed by atoms with Crippen LogP contribution >= 0.6 is 0 Å². The summed E-state index contributed by atoms with van der Waals surface area (Å²) in [4.78, 5) is 30.3. The highest BCUT2D eigenvalue weighted by molar-refractivity contribution is 6.00. The van der Waals surface area contributed by atoms with Crippen LogP contribution in [0.4, 0.5) is 19.0 Å². The first-order valence-electron chi connectivity index (χ1n) is 12.2. The zero-order valence-electron chi connectivity index (χ0n) is 20.0. The summed E-state index contributed by atoms with van der Waals surface area (Å²) in [5.74, 6) is 0.515. The summed E-state index contributed by atoms with van der Waals surface area (Å²) >= 11 is 0. The Morgan fingerprint density at radius 3 is 2.39 bits per heavy atom. The summed E-state index contributed by atoms with van der Waals surface area (Å²) in [6.45, 7) is 2.07. The van der Waals surface area contributed by atoms with E-state index in [1.54, 1.807) is 30.6 Å². The number of nitrogens with zero attached hydrogens (tertiary/aromatic N) is 5. The van der Waals surface area contributed by atoms with Crippen molar-refractivity contribution in [1.29, 1.82) is 0 Å². The molecule has 0 radical (unpaired) electrons. The van der Waals surface area contributed by atoms with Crippen LogP contribution < -0.4 is 5.73 Å². The van der Waals surface area contributed by atoms with Crippen LogP contribution in [0.3, 0.4) is 0 Å². The maximum Gasteiger partial charge on any atom is 0.425 e. The Bertz CT molecular complexity index is 1030. The van der Waals surface area contributed by atoms with Gasteiger partial charge in [0.25, 0.3) is 0 Å². The van der Waals surface area contributed by atoms with Gasteiger partial charge in [0.05, 0.1) is 5.69 Å². The number of likely N-dealkylation sites (tertiary alicyclic amines) is 2. The molecule has 0 atom stereocenters. The number of nitrogen functional groups attached to an aromatic ring is 1. The highest BCUT2D eigenvalue weighted by atomic mass is 19.4. The Kier molecular flexibility index (Phi) is 8.40. The molecule has 2 aliphatic heterocycles. The van der Waals surface area contributed by atoms with Crippen molar-refractivity contribution in [2.45, 2.75) is 38.4 Å².